The van der Waals surface area contributed by atoms with Crippen molar-refractivity contribution >= 4 is 39.0 Å². The first-order valence-electron chi connectivity index (χ1n) is 7.27. The first kappa shape index (κ1) is 14.8. The summed E-state index contributed by atoms with van der Waals surface area (Å²) in [6.07, 6.45) is 3.40. The average Bonchev–Trinajstić information content (AvgIpc) is 2.82. The summed E-state index contributed by atoms with van der Waals surface area (Å²) in [5, 5.41) is 14.5. The van der Waals surface area contributed by atoms with E-state index in [0.29, 0.717) is 6.04 Å². The molecule has 0 saturated heterocycles. The number of carbonyl (C=O) groups is 1. The molecule has 0 bridgehead atoms. The predicted octanol–water partition coefficient (Wildman–Crippen LogP) is 4.29. The second-order valence-electron chi connectivity index (χ2n) is 5.60. The highest BCUT2D eigenvalue weighted by Gasteiger charge is 2.25. The number of aliphatic carboxylic acids is 1. The van der Waals surface area contributed by atoms with Crippen molar-refractivity contribution in [1.29, 1.82) is 0 Å². The third-order valence-corrected chi connectivity index (χ3v) is 5.94. The Hall–Kier alpha value is -1.10. The molecule has 2 aromatic rings. The Morgan fingerprint density at radius 1 is 1.29 bits per heavy atom. The van der Waals surface area contributed by atoms with Gasteiger partial charge in [0.2, 0.25) is 0 Å². The van der Waals surface area contributed by atoms with Gasteiger partial charge < -0.3 is 10.4 Å². The fraction of sp³-hybridized carbons (Fsp3) is 0.438. The smallest absolute Gasteiger partial charge is 0.306 e. The van der Waals surface area contributed by atoms with Gasteiger partial charge in [-0.3, -0.25) is 4.79 Å². The SMILES string of the molecule is O=C(O)C1CCC(NCc2sc3ccccc3c2Cl)CC1. The lowest BCUT2D eigenvalue weighted by Crippen LogP contribution is -2.34. The molecule has 112 valence electrons. The van der Waals surface area contributed by atoms with Crippen LogP contribution in [0.5, 0.6) is 0 Å². The van der Waals surface area contributed by atoms with E-state index in [1.165, 1.54) is 9.58 Å². The van der Waals surface area contributed by atoms with E-state index in [4.69, 9.17) is 16.7 Å². The van der Waals surface area contributed by atoms with Crippen molar-refractivity contribution in [3.63, 3.8) is 0 Å². The van der Waals surface area contributed by atoms with Gasteiger partial charge in [0.15, 0.2) is 0 Å². The van der Waals surface area contributed by atoms with Gasteiger partial charge in [-0.05, 0) is 31.7 Å². The second kappa shape index (κ2) is 6.34. The zero-order chi connectivity index (χ0) is 14.8. The molecule has 1 fully saturated rings. The van der Waals surface area contributed by atoms with E-state index < -0.39 is 5.97 Å². The average molecular weight is 324 g/mol. The Morgan fingerprint density at radius 3 is 2.67 bits per heavy atom. The molecule has 0 unspecified atom stereocenters. The molecule has 1 heterocycles. The van der Waals surface area contributed by atoms with Gasteiger partial charge in [-0.15, -0.1) is 11.3 Å². The largest absolute Gasteiger partial charge is 0.481 e. The molecule has 1 saturated carbocycles. The molecule has 3 rings (SSSR count). The van der Waals surface area contributed by atoms with Crippen molar-refractivity contribution in [2.75, 3.05) is 0 Å². The van der Waals surface area contributed by atoms with Crippen LogP contribution in [0, 0.1) is 5.92 Å². The van der Waals surface area contributed by atoms with Crippen LogP contribution >= 0.6 is 22.9 Å². The van der Waals surface area contributed by atoms with Crippen molar-refractivity contribution < 1.29 is 9.90 Å². The highest BCUT2D eigenvalue weighted by Crippen LogP contribution is 2.35. The van der Waals surface area contributed by atoms with Gasteiger partial charge in [0, 0.05) is 27.5 Å². The summed E-state index contributed by atoms with van der Waals surface area (Å²) in [6.45, 7) is 0.764. The van der Waals surface area contributed by atoms with Crippen LogP contribution in [0.3, 0.4) is 0 Å². The predicted molar refractivity (Wildman–Crippen MR) is 87.1 cm³/mol. The summed E-state index contributed by atoms with van der Waals surface area (Å²) in [5.74, 6) is -0.808. The minimum Gasteiger partial charge on any atom is -0.481 e. The highest BCUT2D eigenvalue weighted by atomic mass is 35.5. The molecule has 1 aromatic heterocycles. The number of hydrogen-bond donors (Lipinski definition) is 2. The molecule has 0 radical (unpaired) electrons. The lowest BCUT2D eigenvalue weighted by Gasteiger charge is -2.26. The number of benzene rings is 1. The molecule has 1 aliphatic carbocycles. The zero-order valence-electron chi connectivity index (χ0n) is 11.6. The summed E-state index contributed by atoms with van der Waals surface area (Å²) >= 11 is 8.16. The molecule has 5 heteroatoms. The maximum absolute atomic E-state index is 10.9. The summed E-state index contributed by atoms with van der Waals surface area (Å²) in [4.78, 5) is 12.1. The molecule has 2 N–H and O–H groups in total. The number of fused-ring (bicyclic) bond motifs is 1. The van der Waals surface area contributed by atoms with Crippen LogP contribution in [0.15, 0.2) is 24.3 Å². The number of rotatable bonds is 4. The fourth-order valence-electron chi connectivity index (χ4n) is 2.96. The molecular formula is C16H18ClNO2S. The lowest BCUT2D eigenvalue weighted by molar-refractivity contribution is -0.142. The molecule has 3 nitrogen and oxygen atoms in total. The van der Waals surface area contributed by atoms with Crippen molar-refractivity contribution in [1.82, 2.24) is 5.32 Å². The first-order chi connectivity index (χ1) is 10.1. The molecule has 0 atom stereocenters. The number of nitrogens with one attached hydrogen (secondary N) is 1. The molecule has 0 aliphatic heterocycles. The number of carboxylic acid groups (broad SMARTS) is 1. The van der Waals surface area contributed by atoms with E-state index in [0.717, 1.165) is 42.6 Å². The molecule has 21 heavy (non-hydrogen) atoms. The van der Waals surface area contributed by atoms with Crippen molar-refractivity contribution in [3.8, 4) is 0 Å². The molecule has 1 aliphatic rings. The molecule has 0 amide bonds. The number of hydrogen-bond acceptors (Lipinski definition) is 3. The standard InChI is InChI=1S/C16H18ClNO2S/c17-15-12-3-1-2-4-13(12)21-14(15)9-18-11-7-5-10(6-8-11)16(19)20/h1-4,10-11,18H,5-9H2,(H,19,20). The normalized spacial score (nSPS) is 22.5. The van der Waals surface area contributed by atoms with E-state index in [2.05, 4.69) is 17.4 Å². The Morgan fingerprint density at radius 2 is 2.00 bits per heavy atom. The van der Waals surface area contributed by atoms with Gasteiger partial charge in [-0.25, -0.2) is 0 Å². The van der Waals surface area contributed by atoms with Gasteiger partial charge in [0.05, 0.1) is 10.9 Å². The van der Waals surface area contributed by atoms with Crippen molar-refractivity contribution in [3.05, 3.63) is 34.2 Å². The first-order valence-corrected chi connectivity index (χ1v) is 8.46. The van der Waals surface area contributed by atoms with E-state index in [1.807, 2.05) is 12.1 Å². The summed E-state index contributed by atoms with van der Waals surface area (Å²) < 4.78 is 1.22. The van der Waals surface area contributed by atoms with Crippen LogP contribution in [-0.2, 0) is 11.3 Å². The quantitative estimate of drug-likeness (QED) is 0.882. The monoisotopic (exact) mass is 323 g/mol. The number of thiophene rings is 1. The van der Waals surface area contributed by atoms with Gasteiger partial charge >= 0.3 is 5.97 Å². The summed E-state index contributed by atoms with van der Waals surface area (Å²) in [6, 6.07) is 8.58. The van der Waals surface area contributed by atoms with E-state index in [-0.39, 0.29) is 5.92 Å². The summed E-state index contributed by atoms with van der Waals surface area (Å²) in [5.41, 5.74) is 0. The number of carboxylic acids is 1. The highest BCUT2D eigenvalue weighted by molar-refractivity contribution is 7.19. The van der Waals surface area contributed by atoms with Gasteiger partial charge in [-0.1, -0.05) is 29.8 Å². The van der Waals surface area contributed by atoms with E-state index in [9.17, 15) is 4.79 Å². The van der Waals surface area contributed by atoms with Crippen LogP contribution in [0.25, 0.3) is 10.1 Å². The molecule has 0 spiro atoms. The minimum atomic E-state index is -0.652. The Balaban J connectivity index is 1.60. The van der Waals surface area contributed by atoms with Crippen LogP contribution in [-0.4, -0.2) is 17.1 Å². The van der Waals surface area contributed by atoms with Crippen LogP contribution in [0.1, 0.15) is 30.6 Å². The van der Waals surface area contributed by atoms with Gasteiger partial charge in [0.1, 0.15) is 0 Å². The fourth-order valence-corrected chi connectivity index (χ4v) is 4.41. The van der Waals surface area contributed by atoms with Gasteiger partial charge in [-0.2, -0.15) is 0 Å². The number of halogens is 1. The maximum atomic E-state index is 10.9. The maximum Gasteiger partial charge on any atom is 0.306 e. The van der Waals surface area contributed by atoms with Crippen LogP contribution in [0.4, 0.5) is 0 Å². The van der Waals surface area contributed by atoms with E-state index >= 15 is 0 Å². The minimum absolute atomic E-state index is 0.157. The summed E-state index contributed by atoms with van der Waals surface area (Å²) in [7, 11) is 0. The Bertz CT molecular complexity index is 647. The second-order valence-corrected chi connectivity index (χ2v) is 7.12. The third kappa shape index (κ3) is 3.23. The Labute approximate surface area is 132 Å². The van der Waals surface area contributed by atoms with Crippen LogP contribution < -0.4 is 5.32 Å². The topological polar surface area (TPSA) is 49.3 Å². The van der Waals surface area contributed by atoms with Gasteiger partial charge in [0.25, 0.3) is 0 Å². The molecule has 1 aromatic carbocycles. The Kier molecular flexibility index (Phi) is 4.48. The van der Waals surface area contributed by atoms with E-state index in [1.54, 1.807) is 11.3 Å². The van der Waals surface area contributed by atoms with Crippen molar-refractivity contribution in [2.45, 2.75) is 38.3 Å². The van der Waals surface area contributed by atoms with Crippen LogP contribution in [0.2, 0.25) is 5.02 Å². The van der Waals surface area contributed by atoms with Crippen molar-refractivity contribution in [2.24, 2.45) is 5.92 Å². The zero-order valence-corrected chi connectivity index (χ0v) is 13.2. The lowest BCUT2D eigenvalue weighted by atomic mass is 9.86. The molecular weight excluding hydrogens is 306 g/mol. The third-order valence-electron chi connectivity index (χ3n) is 4.23.